The van der Waals surface area contributed by atoms with Gasteiger partial charge in [0, 0.05) is 6.92 Å². The predicted octanol–water partition coefficient (Wildman–Crippen LogP) is 2.94. The second-order valence-electron chi connectivity index (χ2n) is 4.97. The van der Waals surface area contributed by atoms with Gasteiger partial charge in [0.2, 0.25) is 0 Å². The number of carbonyl (C=O) groups is 1. The molecule has 104 valence electrons. The monoisotopic (exact) mass is 267 g/mol. The summed E-state index contributed by atoms with van der Waals surface area (Å²) in [5, 5.41) is 10.0. The van der Waals surface area contributed by atoms with E-state index in [0.717, 1.165) is 12.3 Å². The summed E-state index contributed by atoms with van der Waals surface area (Å²) in [6, 6.07) is 4.27. The lowest BCUT2D eigenvalue weighted by molar-refractivity contribution is -0.138. The lowest BCUT2D eigenvalue weighted by Crippen LogP contribution is -2.08. The van der Waals surface area contributed by atoms with E-state index in [1.807, 2.05) is 0 Å². The van der Waals surface area contributed by atoms with Gasteiger partial charge in [-0.15, -0.1) is 0 Å². The Labute approximate surface area is 111 Å². The van der Waals surface area contributed by atoms with Crippen molar-refractivity contribution < 1.29 is 19.1 Å². The highest BCUT2D eigenvalue weighted by Crippen LogP contribution is 2.36. The Kier molecular flexibility index (Phi) is 4.37. The average molecular weight is 267 g/mol. The largest absolute Gasteiger partial charge is 0.388 e. The average Bonchev–Trinajstić information content (AvgIpc) is 3.18. The van der Waals surface area contributed by atoms with E-state index in [9.17, 15) is 14.3 Å². The molecule has 4 nitrogen and oxygen atoms in total. The topological polar surface area (TPSA) is 58.6 Å². The van der Waals surface area contributed by atoms with Crippen molar-refractivity contribution in [2.24, 2.45) is 5.92 Å². The number of halogens is 1. The molecule has 0 spiro atoms. The second-order valence-corrected chi connectivity index (χ2v) is 4.97. The highest BCUT2D eigenvalue weighted by molar-refractivity contribution is 5.67. The molecule has 0 radical (unpaired) electrons. The molecule has 1 aromatic carbocycles. The summed E-state index contributed by atoms with van der Waals surface area (Å²) in [5.74, 6) is -0.341. The first-order chi connectivity index (χ1) is 9.06. The smallest absolute Gasteiger partial charge is 0.329 e. The number of benzene rings is 1. The van der Waals surface area contributed by atoms with Crippen molar-refractivity contribution in [1.82, 2.24) is 0 Å². The molecule has 1 atom stereocenters. The summed E-state index contributed by atoms with van der Waals surface area (Å²) in [7, 11) is 0. The first-order valence-corrected chi connectivity index (χ1v) is 6.47. The first-order valence-electron chi connectivity index (χ1n) is 6.47. The van der Waals surface area contributed by atoms with E-state index in [0.29, 0.717) is 12.0 Å². The summed E-state index contributed by atoms with van der Waals surface area (Å²) < 4.78 is 13.5. The second kappa shape index (κ2) is 6.02. The van der Waals surface area contributed by atoms with Gasteiger partial charge in [0.05, 0.1) is 6.10 Å². The predicted molar refractivity (Wildman–Crippen MR) is 68.7 cm³/mol. The lowest BCUT2D eigenvalue weighted by Gasteiger charge is -2.13. The minimum absolute atomic E-state index is 0.0539. The third kappa shape index (κ3) is 4.21. The minimum atomic E-state index is -0.612. The summed E-state index contributed by atoms with van der Waals surface area (Å²) in [6.45, 7) is 1.22. The number of aliphatic hydroxyl groups excluding tert-OH is 1. The summed E-state index contributed by atoms with van der Waals surface area (Å²) >= 11 is 0. The van der Waals surface area contributed by atoms with Crippen molar-refractivity contribution in [2.45, 2.75) is 38.7 Å². The molecule has 1 saturated carbocycles. The van der Waals surface area contributed by atoms with E-state index in [1.54, 1.807) is 6.07 Å². The Morgan fingerprint density at radius 3 is 2.95 bits per heavy atom. The Bertz CT molecular complexity index is 460. The number of hydrogen-bond acceptors (Lipinski definition) is 4. The van der Waals surface area contributed by atoms with Crippen LogP contribution in [0.25, 0.3) is 0 Å². The quantitative estimate of drug-likeness (QED) is 0.778. The fourth-order valence-corrected chi connectivity index (χ4v) is 1.92. The minimum Gasteiger partial charge on any atom is -0.388 e. The number of aliphatic hydroxyl groups is 1. The van der Waals surface area contributed by atoms with Crippen LogP contribution in [0.4, 0.5) is 10.1 Å². The van der Waals surface area contributed by atoms with Gasteiger partial charge in [0.25, 0.3) is 0 Å². The molecule has 1 aromatic rings. The van der Waals surface area contributed by atoms with Crippen molar-refractivity contribution in [3.05, 3.63) is 29.6 Å². The third-order valence-electron chi connectivity index (χ3n) is 3.23. The molecular formula is C14H18FNO3. The van der Waals surface area contributed by atoms with Crippen LogP contribution >= 0.6 is 0 Å². The van der Waals surface area contributed by atoms with E-state index >= 15 is 0 Å². The van der Waals surface area contributed by atoms with Crippen molar-refractivity contribution in [2.75, 3.05) is 5.48 Å². The van der Waals surface area contributed by atoms with Crippen molar-refractivity contribution >= 4 is 11.7 Å². The molecular weight excluding hydrogens is 249 g/mol. The molecule has 1 unspecified atom stereocenters. The molecule has 0 aromatic heterocycles. The molecule has 1 aliphatic carbocycles. The van der Waals surface area contributed by atoms with Crippen molar-refractivity contribution in [3.8, 4) is 0 Å². The Morgan fingerprint density at radius 2 is 2.32 bits per heavy atom. The molecule has 2 rings (SSSR count). The molecule has 2 N–H and O–H groups in total. The van der Waals surface area contributed by atoms with Gasteiger partial charge in [0.1, 0.15) is 11.5 Å². The zero-order valence-corrected chi connectivity index (χ0v) is 10.9. The maximum atomic E-state index is 13.5. The van der Waals surface area contributed by atoms with Gasteiger partial charge in [-0.2, -0.15) is 0 Å². The Morgan fingerprint density at radius 1 is 1.58 bits per heavy atom. The summed E-state index contributed by atoms with van der Waals surface area (Å²) in [5.41, 5.74) is 2.93. The fourth-order valence-electron chi connectivity index (χ4n) is 1.92. The Hall–Kier alpha value is -1.62. The van der Waals surface area contributed by atoms with Gasteiger partial charge in [-0.3, -0.25) is 4.79 Å². The van der Waals surface area contributed by atoms with Crippen LogP contribution in [0.2, 0.25) is 0 Å². The molecule has 5 heteroatoms. The molecule has 1 aliphatic rings. The maximum absolute atomic E-state index is 13.5. The van der Waals surface area contributed by atoms with Crippen LogP contribution in [-0.2, 0) is 9.63 Å². The van der Waals surface area contributed by atoms with Crippen LogP contribution in [-0.4, -0.2) is 11.1 Å². The van der Waals surface area contributed by atoms with Gasteiger partial charge < -0.3 is 9.94 Å². The number of hydrogen-bond donors (Lipinski definition) is 2. The molecule has 0 aliphatic heterocycles. The normalized spacial score (nSPS) is 15.9. The van der Waals surface area contributed by atoms with E-state index < -0.39 is 17.9 Å². The van der Waals surface area contributed by atoms with Gasteiger partial charge >= 0.3 is 5.97 Å². The summed E-state index contributed by atoms with van der Waals surface area (Å²) in [4.78, 5) is 15.2. The number of carbonyl (C=O) groups excluding carboxylic acids is 1. The molecule has 0 saturated heterocycles. The van der Waals surface area contributed by atoms with Gasteiger partial charge in [-0.25, -0.2) is 9.87 Å². The van der Waals surface area contributed by atoms with E-state index in [2.05, 4.69) is 10.3 Å². The van der Waals surface area contributed by atoms with Crippen LogP contribution in [0.3, 0.4) is 0 Å². The van der Waals surface area contributed by atoms with E-state index in [-0.39, 0.29) is 5.69 Å². The highest BCUT2D eigenvalue weighted by Gasteiger charge is 2.22. The molecule has 0 amide bonds. The van der Waals surface area contributed by atoms with E-state index in [4.69, 9.17) is 0 Å². The van der Waals surface area contributed by atoms with Gasteiger partial charge in [-0.1, -0.05) is 18.9 Å². The lowest BCUT2D eigenvalue weighted by atomic mass is 10.0. The van der Waals surface area contributed by atoms with Crippen LogP contribution < -0.4 is 5.48 Å². The molecule has 1 fully saturated rings. The van der Waals surface area contributed by atoms with Gasteiger partial charge in [0.15, 0.2) is 0 Å². The number of anilines is 1. The van der Waals surface area contributed by atoms with Crippen LogP contribution in [0.15, 0.2) is 18.2 Å². The van der Waals surface area contributed by atoms with Crippen LogP contribution in [0.1, 0.15) is 44.3 Å². The molecule has 0 bridgehead atoms. The number of nitrogens with one attached hydrogen (secondary N) is 1. The molecule has 19 heavy (non-hydrogen) atoms. The van der Waals surface area contributed by atoms with Crippen molar-refractivity contribution in [1.29, 1.82) is 0 Å². The van der Waals surface area contributed by atoms with Crippen molar-refractivity contribution in [3.63, 3.8) is 0 Å². The highest BCUT2D eigenvalue weighted by atomic mass is 19.1. The maximum Gasteiger partial charge on any atom is 0.329 e. The fraction of sp³-hybridized carbons (Fsp3) is 0.500. The first kappa shape index (κ1) is 13.8. The zero-order chi connectivity index (χ0) is 13.8. The molecule has 0 heterocycles. The SMILES string of the molecule is CC(=O)ONc1cc(C(O)CCC2CC2)ccc1F. The van der Waals surface area contributed by atoms with Gasteiger partial charge in [-0.05, 0) is 36.5 Å². The standard InChI is InChI=1S/C14H18FNO3/c1-9(17)19-16-13-8-11(5-6-12(13)15)14(18)7-4-10-2-3-10/h5-6,8,10,14,16,18H,2-4,7H2,1H3. The van der Waals surface area contributed by atoms with E-state index in [1.165, 1.54) is 31.9 Å². The number of rotatable bonds is 6. The zero-order valence-electron chi connectivity index (χ0n) is 10.9. The Balaban J connectivity index is 1.98. The van der Waals surface area contributed by atoms with Crippen LogP contribution in [0, 0.1) is 11.7 Å². The third-order valence-corrected chi connectivity index (χ3v) is 3.23. The summed E-state index contributed by atoms with van der Waals surface area (Å²) in [6.07, 6.45) is 3.54. The van der Waals surface area contributed by atoms with Crippen LogP contribution in [0.5, 0.6) is 0 Å².